The smallest absolute Gasteiger partial charge is 0.0732 e. The van der Waals surface area contributed by atoms with E-state index in [2.05, 4.69) is 51.8 Å². The number of hydrogen-bond acceptors (Lipinski definition) is 4. The Hall–Kier alpha value is -1.68. The predicted molar refractivity (Wildman–Crippen MR) is 90.5 cm³/mol. The lowest BCUT2D eigenvalue weighted by Gasteiger charge is -2.16. The van der Waals surface area contributed by atoms with Gasteiger partial charge in [-0.15, -0.1) is 0 Å². The summed E-state index contributed by atoms with van der Waals surface area (Å²) in [6, 6.07) is 8.85. The molecule has 1 fully saturated rings. The average molecular weight is 297 g/mol. The van der Waals surface area contributed by atoms with Crippen LogP contribution in [0.25, 0.3) is 11.1 Å². The molecule has 0 unspecified atom stereocenters. The number of nitrogens with zero attached hydrogens (tertiary/aromatic N) is 3. The van der Waals surface area contributed by atoms with E-state index < -0.39 is 0 Å². The van der Waals surface area contributed by atoms with Crippen molar-refractivity contribution in [3.05, 3.63) is 42.2 Å². The summed E-state index contributed by atoms with van der Waals surface area (Å²) in [4.78, 5) is 4.27. The van der Waals surface area contributed by atoms with Gasteiger partial charge in [0.15, 0.2) is 0 Å². The Kier molecular flexibility index (Phi) is 3.07. The molecular weight excluding hydrogens is 278 g/mol. The quantitative estimate of drug-likeness (QED) is 0.787. The molecule has 108 valence electrons. The van der Waals surface area contributed by atoms with Crippen molar-refractivity contribution in [2.45, 2.75) is 19.8 Å². The maximum Gasteiger partial charge on any atom is 0.0732 e. The number of fused-ring (bicyclic) bond motifs is 1. The number of rotatable bonds is 3. The van der Waals surface area contributed by atoms with Crippen LogP contribution in [0.1, 0.15) is 18.4 Å². The number of hydrogen-bond donors (Lipinski definition) is 0. The maximum atomic E-state index is 4.27. The number of pyridine rings is 1. The Labute approximate surface area is 130 Å². The van der Waals surface area contributed by atoms with E-state index in [-0.39, 0.29) is 0 Å². The lowest BCUT2D eigenvalue weighted by atomic mass is 10.0. The van der Waals surface area contributed by atoms with E-state index in [0.717, 1.165) is 5.92 Å². The second kappa shape index (κ2) is 4.95. The van der Waals surface area contributed by atoms with Gasteiger partial charge in [0, 0.05) is 31.5 Å². The Morgan fingerprint density at radius 3 is 2.86 bits per heavy atom. The first kappa shape index (κ1) is 13.0. The molecule has 4 rings (SSSR count). The van der Waals surface area contributed by atoms with Crippen LogP contribution in [0, 0.1) is 12.8 Å². The van der Waals surface area contributed by atoms with Crippen molar-refractivity contribution in [1.29, 1.82) is 0 Å². The first-order valence-corrected chi connectivity index (χ1v) is 8.20. The molecule has 1 aliphatic heterocycles. The zero-order valence-electron chi connectivity index (χ0n) is 12.4. The van der Waals surface area contributed by atoms with Crippen molar-refractivity contribution in [3.8, 4) is 11.1 Å². The summed E-state index contributed by atoms with van der Waals surface area (Å²) >= 11 is 1.82. The van der Waals surface area contributed by atoms with E-state index in [1.54, 1.807) is 0 Å². The van der Waals surface area contributed by atoms with E-state index in [1.165, 1.54) is 47.5 Å². The number of aryl methyl sites for hydroxylation is 1. The minimum atomic E-state index is 0.900. The van der Waals surface area contributed by atoms with Crippen molar-refractivity contribution in [2.75, 3.05) is 22.2 Å². The molecule has 1 aliphatic carbocycles. The fourth-order valence-corrected chi connectivity index (χ4v) is 3.87. The molecule has 2 aliphatic rings. The van der Waals surface area contributed by atoms with Gasteiger partial charge < -0.3 is 0 Å². The van der Waals surface area contributed by atoms with E-state index in [4.69, 9.17) is 0 Å². The van der Waals surface area contributed by atoms with Gasteiger partial charge in [-0.05, 0) is 55.0 Å². The highest BCUT2D eigenvalue weighted by molar-refractivity contribution is 8.02. The Morgan fingerprint density at radius 2 is 2.10 bits per heavy atom. The summed E-state index contributed by atoms with van der Waals surface area (Å²) < 4.78 is 4.71. The van der Waals surface area contributed by atoms with Crippen LogP contribution in [-0.4, -0.2) is 18.6 Å². The van der Waals surface area contributed by atoms with Crippen molar-refractivity contribution in [2.24, 2.45) is 5.92 Å². The lowest BCUT2D eigenvalue weighted by Crippen LogP contribution is -2.16. The maximum absolute atomic E-state index is 4.27. The van der Waals surface area contributed by atoms with E-state index in [0.29, 0.717) is 0 Å². The summed E-state index contributed by atoms with van der Waals surface area (Å²) in [7, 11) is 2.15. The topological polar surface area (TPSA) is 19.4 Å². The molecule has 0 radical (unpaired) electrons. The van der Waals surface area contributed by atoms with Crippen LogP contribution >= 0.6 is 12.1 Å². The second-order valence-corrected chi connectivity index (χ2v) is 7.13. The van der Waals surface area contributed by atoms with Gasteiger partial charge in [-0.2, -0.15) is 0 Å². The average Bonchev–Trinajstić information content (AvgIpc) is 3.25. The zero-order valence-corrected chi connectivity index (χ0v) is 13.2. The standard InChI is InChI=1S/C17H19N3S/c1-12-7-8-18-10-15(12)14-5-6-16-17(9-14)19(2)21-20(16)11-13-3-4-13/h5-10,13H,3-4,11H2,1-2H3. The summed E-state index contributed by atoms with van der Waals surface area (Å²) in [6.45, 7) is 3.31. The van der Waals surface area contributed by atoms with Gasteiger partial charge in [0.25, 0.3) is 0 Å². The van der Waals surface area contributed by atoms with Crippen LogP contribution in [0.15, 0.2) is 36.7 Å². The molecule has 21 heavy (non-hydrogen) atoms. The fraction of sp³-hybridized carbons (Fsp3) is 0.353. The first-order chi connectivity index (χ1) is 10.2. The fourth-order valence-electron chi connectivity index (χ4n) is 2.82. The van der Waals surface area contributed by atoms with Crippen LogP contribution in [0.3, 0.4) is 0 Å². The Morgan fingerprint density at radius 1 is 1.24 bits per heavy atom. The second-order valence-electron chi connectivity index (χ2n) is 5.98. The SMILES string of the molecule is Cc1ccncc1-c1ccc2c(c1)N(C)SN2CC1CC1. The zero-order chi connectivity index (χ0) is 14.4. The highest BCUT2D eigenvalue weighted by atomic mass is 32.2. The van der Waals surface area contributed by atoms with Crippen LogP contribution in [-0.2, 0) is 0 Å². The van der Waals surface area contributed by atoms with Crippen molar-refractivity contribution >= 4 is 23.5 Å². The van der Waals surface area contributed by atoms with Gasteiger partial charge in [-0.1, -0.05) is 6.07 Å². The molecule has 0 bridgehead atoms. The third-order valence-corrected chi connectivity index (χ3v) is 5.26. The normalized spacial score (nSPS) is 17.2. The Bertz CT molecular complexity index is 681. The Balaban J connectivity index is 1.71. The first-order valence-electron chi connectivity index (χ1n) is 7.47. The minimum absolute atomic E-state index is 0.900. The molecule has 0 amide bonds. The molecule has 0 N–H and O–H groups in total. The number of anilines is 2. The van der Waals surface area contributed by atoms with Crippen LogP contribution in [0.5, 0.6) is 0 Å². The molecule has 2 aromatic rings. The minimum Gasteiger partial charge on any atom is -0.300 e. The van der Waals surface area contributed by atoms with Crippen molar-refractivity contribution in [1.82, 2.24) is 4.98 Å². The highest BCUT2D eigenvalue weighted by Crippen LogP contribution is 2.47. The van der Waals surface area contributed by atoms with Crippen molar-refractivity contribution < 1.29 is 0 Å². The largest absolute Gasteiger partial charge is 0.300 e. The molecule has 2 heterocycles. The van der Waals surface area contributed by atoms with Gasteiger partial charge in [0.1, 0.15) is 0 Å². The van der Waals surface area contributed by atoms with Crippen molar-refractivity contribution in [3.63, 3.8) is 0 Å². The highest BCUT2D eigenvalue weighted by Gasteiger charge is 2.31. The monoisotopic (exact) mass is 297 g/mol. The molecule has 3 nitrogen and oxygen atoms in total. The van der Waals surface area contributed by atoms with E-state index in [1.807, 2.05) is 24.5 Å². The third kappa shape index (κ3) is 2.38. The summed E-state index contributed by atoms with van der Waals surface area (Å²) in [5, 5.41) is 0. The molecule has 0 spiro atoms. The molecule has 4 heteroatoms. The lowest BCUT2D eigenvalue weighted by molar-refractivity contribution is 0.852. The predicted octanol–water partition coefficient (Wildman–Crippen LogP) is 4.29. The van der Waals surface area contributed by atoms with Gasteiger partial charge in [0.2, 0.25) is 0 Å². The van der Waals surface area contributed by atoms with Crippen LogP contribution < -0.4 is 8.61 Å². The number of benzene rings is 1. The van der Waals surface area contributed by atoms with Gasteiger partial charge in [-0.3, -0.25) is 13.6 Å². The third-order valence-electron chi connectivity index (χ3n) is 4.28. The molecule has 1 aromatic heterocycles. The van der Waals surface area contributed by atoms with Crippen LogP contribution in [0.4, 0.5) is 11.4 Å². The van der Waals surface area contributed by atoms with Gasteiger partial charge in [-0.25, -0.2) is 0 Å². The molecule has 1 aromatic carbocycles. The van der Waals surface area contributed by atoms with Gasteiger partial charge >= 0.3 is 0 Å². The molecule has 0 atom stereocenters. The summed E-state index contributed by atoms with van der Waals surface area (Å²) in [6.07, 6.45) is 6.60. The summed E-state index contributed by atoms with van der Waals surface area (Å²) in [5.41, 5.74) is 6.40. The summed E-state index contributed by atoms with van der Waals surface area (Å²) in [5.74, 6) is 0.900. The number of aromatic nitrogens is 1. The molecule has 0 saturated heterocycles. The van der Waals surface area contributed by atoms with Gasteiger partial charge in [0.05, 0.1) is 23.5 Å². The molecule has 1 saturated carbocycles. The molecular formula is C17H19N3S. The van der Waals surface area contributed by atoms with Crippen LogP contribution in [0.2, 0.25) is 0 Å². The van der Waals surface area contributed by atoms with E-state index in [9.17, 15) is 0 Å². The van der Waals surface area contributed by atoms with E-state index >= 15 is 0 Å².